The van der Waals surface area contributed by atoms with E-state index in [1.165, 1.54) is 6.07 Å². The van der Waals surface area contributed by atoms with Crippen LogP contribution in [0.15, 0.2) is 82.0 Å². The molecule has 7 nitrogen and oxygen atoms in total. The molecule has 0 radical (unpaired) electrons. The Morgan fingerprint density at radius 1 is 1.00 bits per heavy atom. The Labute approximate surface area is 225 Å². The van der Waals surface area contributed by atoms with Crippen molar-refractivity contribution < 1.29 is 23.5 Å². The van der Waals surface area contributed by atoms with E-state index >= 15 is 0 Å². The fraction of sp³-hybridized carbons (Fsp3) is 0.233. The summed E-state index contributed by atoms with van der Waals surface area (Å²) in [7, 11) is 0. The molecule has 1 atom stereocenters. The Bertz CT molecular complexity index is 1480. The van der Waals surface area contributed by atoms with E-state index in [1.807, 2.05) is 74.5 Å². The minimum atomic E-state index is -0.947. The monoisotopic (exact) mass is 533 g/mol. The summed E-state index contributed by atoms with van der Waals surface area (Å²) in [6, 6.07) is 20.9. The number of halogens is 1. The molecule has 3 aromatic carbocycles. The molecule has 38 heavy (non-hydrogen) atoms. The molecule has 8 heteroatoms. The first-order chi connectivity index (χ1) is 18.4. The molecule has 4 rings (SSSR count). The van der Waals surface area contributed by atoms with E-state index in [0.29, 0.717) is 30.2 Å². The van der Waals surface area contributed by atoms with E-state index < -0.39 is 23.7 Å². The fourth-order valence-electron chi connectivity index (χ4n) is 4.10. The van der Waals surface area contributed by atoms with Gasteiger partial charge in [0, 0.05) is 23.4 Å². The number of carbonyl (C=O) groups excluding carboxylic acids is 2. The number of benzene rings is 3. The van der Waals surface area contributed by atoms with Crippen LogP contribution in [0.2, 0.25) is 5.02 Å². The summed E-state index contributed by atoms with van der Waals surface area (Å²) in [5.74, 6) is -0.674. The van der Waals surface area contributed by atoms with Crippen LogP contribution < -0.4 is 15.7 Å². The third-order valence-corrected chi connectivity index (χ3v) is 6.44. The Kier molecular flexibility index (Phi) is 8.81. The number of fused-ring (bicyclic) bond motifs is 1. The van der Waals surface area contributed by atoms with E-state index in [1.54, 1.807) is 6.07 Å². The van der Waals surface area contributed by atoms with Gasteiger partial charge in [-0.15, -0.1) is 0 Å². The van der Waals surface area contributed by atoms with E-state index in [-0.39, 0.29) is 23.0 Å². The molecule has 1 aromatic heterocycles. The molecular formula is C30H28ClNO6. The van der Waals surface area contributed by atoms with Crippen molar-refractivity contribution in [2.75, 3.05) is 0 Å². The molecule has 0 aliphatic rings. The predicted octanol–water partition coefficient (Wildman–Crippen LogP) is 6.35. The molecule has 1 amide bonds. The summed E-state index contributed by atoms with van der Waals surface area (Å²) in [5.41, 5.74) is 2.86. The second kappa shape index (κ2) is 12.4. The van der Waals surface area contributed by atoms with Crippen molar-refractivity contribution in [1.82, 2.24) is 5.32 Å². The molecule has 1 heterocycles. The van der Waals surface area contributed by atoms with Gasteiger partial charge in [0.15, 0.2) is 5.75 Å². The number of carbonyl (C=O) groups is 2. The van der Waals surface area contributed by atoms with Crippen molar-refractivity contribution in [3.05, 3.63) is 110 Å². The van der Waals surface area contributed by atoms with Gasteiger partial charge in [-0.25, -0.2) is 14.4 Å². The first kappa shape index (κ1) is 26.9. The first-order valence-corrected chi connectivity index (χ1v) is 12.7. The van der Waals surface area contributed by atoms with E-state index in [9.17, 15) is 14.4 Å². The zero-order chi connectivity index (χ0) is 27.1. The minimum Gasteiger partial charge on any atom is -0.445 e. The van der Waals surface area contributed by atoms with Crippen LogP contribution in [0.5, 0.6) is 5.75 Å². The third-order valence-electron chi connectivity index (χ3n) is 6.14. The highest BCUT2D eigenvalue weighted by Crippen LogP contribution is 2.32. The van der Waals surface area contributed by atoms with Crippen LogP contribution in [0.1, 0.15) is 42.0 Å². The quantitative estimate of drug-likeness (QED) is 0.153. The van der Waals surface area contributed by atoms with Crippen molar-refractivity contribution in [1.29, 1.82) is 0 Å². The van der Waals surface area contributed by atoms with Gasteiger partial charge in [0.1, 0.15) is 18.2 Å². The number of rotatable bonds is 9. The molecule has 0 saturated carbocycles. The fourth-order valence-corrected chi connectivity index (χ4v) is 4.30. The van der Waals surface area contributed by atoms with Crippen LogP contribution in [-0.4, -0.2) is 18.1 Å². The van der Waals surface area contributed by atoms with Crippen molar-refractivity contribution >= 4 is 34.6 Å². The van der Waals surface area contributed by atoms with Crippen molar-refractivity contribution in [2.24, 2.45) is 0 Å². The van der Waals surface area contributed by atoms with Gasteiger partial charge in [-0.1, -0.05) is 85.6 Å². The number of amides is 1. The van der Waals surface area contributed by atoms with Crippen molar-refractivity contribution in [3.63, 3.8) is 0 Å². The maximum Gasteiger partial charge on any atom is 0.408 e. The predicted molar refractivity (Wildman–Crippen MR) is 146 cm³/mol. The Morgan fingerprint density at radius 2 is 1.66 bits per heavy atom. The number of ether oxygens (including phenoxy) is 2. The number of hydrogen-bond donors (Lipinski definition) is 1. The Hall–Kier alpha value is -4.10. The van der Waals surface area contributed by atoms with Crippen LogP contribution in [0.3, 0.4) is 0 Å². The number of hydrogen-bond acceptors (Lipinski definition) is 6. The maximum atomic E-state index is 12.9. The van der Waals surface area contributed by atoms with Gasteiger partial charge in [0.05, 0.1) is 5.02 Å². The average Bonchev–Trinajstić information content (AvgIpc) is 2.92. The van der Waals surface area contributed by atoms with Gasteiger partial charge < -0.3 is 19.2 Å². The number of aryl methyl sites for hydroxylation is 1. The maximum absolute atomic E-state index is 12.9. The topological polar surface area (TPSA) is 94.8 Å². The minimum absolute atomic E-state index is 0.0306. The summed E-state index contributed by atoms with van der Waals surface area (Å²) in [4.78, 5) is 38.1. The zero-order valence-electron chi connectivity index (χ0n) is 21.2. The van der Waals surface area contributed by atoms with Crippen LogP contribution in [0.25, 0.3) is 11.0 Å². The number of alkyl carbamates (subject to hydrolysis) is 1. The lowest BCUT2D eigenvalue weighted by molar-refractivity contribution is -0.136. The van der Waals surface area contributed by atoms with Crippen molar-refractivity contribution in [2.45, 2.75) is 45.8 Å². The number of esters is 1. The molecule has 0 aliphatic carbocycles. The molecule has 0 saturated heterocycles. The Morgan fingerprint density at radius 3 is 2.32 bits per heavy atom. The lowest BCUT2D eigenvalue weighted by atomic mass is 9.99. The second-order valence-corrected chi connectivity index (χ2v) is 9.31. The highest BCUT2D eigenvalue weighted by Gasteiger charge is 2.24. The van der Waals surface area contributed by atoms with Gasteiger partial charge >= 0.3 is 17.7 Å². The molecule has 0 spiro atoms. The van der Waals surface area contributed by atoms with Crippen LogP contribution in [0.4, 0.5) is 4.79 Å². The molecule has 0 unspecified atom stereocenters. The Balaban J connectivity index is 1.50. The molecule has 0 fully saturated rings. The zero-order valence-corrected chi connectivity index (χ0v) is 21.9. The number of nitrogens with one attached hydrogen (secondary N) is 1. The van der Waals surface area contributed by atoms with Crippen LogP contribution >= 0.6 is 11.6 Å². The standard InChI is InChI=1S/C30H28ClNO6/c1-3-10-25(32-30(35)36-18-21-13-8-5-9-14-21)29(34)38-27-17-26-22(16-24(27)31)19(2)23(28(33)37-26)15-20-11-6-4-7-12-20/h4-9,11-14,16-17,25H,3,10,15,18H2,1-2H3,(H,32,35)/t25-/m1/s1. The average molecular weight is 534 g/mol. The van der Waals surface area contributed by atoms with Gasteiger partial charge in [-0.2, -0.15) is 0 Å². The first-order valence-electron chi connectivity index (χ1n) is 12.3. The molecule has 0 bridgehead atoms. The molecule has 1 N–H and O–H groups in total. The van der Waals surface area contributed by atoms with Crippen LogP contribution in [-0.2, 0) is 22.6 Å². The highest BCUT2D eigenvalue weighted by molar-refractivity contribution is 6.33. The molecule has 0 aliphatic heterocycles. The largest absolute Gasteiger partial charge is 0.445 e. The summed E-state index contributed by atoms with van der Waals surface area (Å²) in [6.07, 6.45) is 0.634. The lowest BCUT2D eigenvalue weighted by Crippen LogP contribution is -2.43. The normalized spacial score (nSPS) is 11.7. The van der Waals surface area contributed by atoms with E-state index in [2.05, 4.69) is 5.32 Å². The molecule has 196 valence electrons. The van der Waals surface area contributed by atoms with Gasteiger partial charge in [-0.3, -0.25) is 0 Å². The summed E-state index contributed by atoms with van der Waals surface area (Å²) >= 11 is 6.47. The summed E-state index contributed by atoms with van der Waals surface area (Å²) in [6.45, 7) is 3.79. The molecular weight excluding hydrogens is 506 g/mol. The highest BCUT2D eigenvalue weighted by atomic mass is 35.5. The van der Waals surface area contributed by atoms with Gasteiger partial charge in [0.2, 0.25) is 0 Å². The van der Waals surface area contributed by atoms with E-state index in [0.717, 1.165) is 16.7 Å². The van der Waals surface area contributed by atoms with E-state index in [4.69, 9.17) is 25.5 Å². The van der Waals surface area contributed by atoms with Gasteiger partial charge in [0.25, 0.3) is 0 Å². The third kappa shape index (κ3) is 6.61. The second-order valence-electron chi connectivity index (χ2n) is 8.90. The van der Waals surface area contributed by atoms with Crippen LogP contribution in [0, 0.1) is 6.92 Å². The lowest BCUT2D eigenvalue weighted by Gasteiger charge is -2.17. The smallest absolute Gasteiger partial charge is 0.408 e. The van der Waals surface area contributed by atoms with Crippen molar-refractivity contribution in [3.8, 4) is 5.75 Å². The summed E-state index contributed by atoms with van der Waals surface area (Å²) < 4.78 is 16.3. The van der Waals surface area contributed by atoms with Gasteiger partial charge in [-0.05, 0) is 36.1 Å². The molecule has 4 aromatic rings. The summed E-state index contributed by atoms with van der Waals surface area (Å²) in [5, 5.41) is 3.38. The SMILES string of the molecule is CCC[C@@H](NC(=O)OCc1ccccc1)C(=O)Oc1cc2oc(=O)c(Cc3ccccc3)c(C)c2cc1Cl.